The van der Waals surface area contributed by atoms with E-state index in [1.165, 1.54) is 17.6 Å². The molecule has 0 unspecified atom stereocenters. The number of hydrogen-bond donors (Lipinski definition) is 3. The van der Waals surface area contributed by atoms with E-state index >= 15 is 0 Å². The molecule has 2 heterocycles. The van der Waals surface area contributed by atoms with Crippen molar-refractivity contribution in [3.63, 3.8) is 0 Å². The van der Waals surface area contributed by atoms with E-state index in [4.69, 9.17) is 0 Å². The number of thioether (sulfide) groups is 1. The largest absolute Gasteiger partial charge is 0.355 e. The van der Waals surface area contributed by atoms with E-state index in [2.05, 4.69) is 44.5 Å². The van der Waals surface area contributed by atoms with Crippen LogP contribution in [0.3, 0.4) is 0 Å². The van der Waals surface area contributed by atoms with Gasteiger partial charge in [-0.05, 0) is 37.3 Å². The summed E-state index contributed by atoms with van der Waals surface area (Å²) in [6.45, 7) is 1.69. The van der Waals surface area contributed by atoms with E-state index in [-0.39, 0.29) is 5.56 Å². The van der Waals surface area contributed by atoms with Crippen molar-refractivity contribution in [3.8, 4) is 0 Å². The minimum absolute atomic E-state index is 0.126. The third kappa shape index (κ3) is 4.24. The summed E-state index contributed by atoms with van der Waals surface area (Å²) in [5, 5.41) is 3.42. The lowest BCUT2D eigenvalue weighted by atomic mass is 10.2. The van der Waals surface area contributed by atoms with Crippen molar-refractivity contribution < 1.29 is 0 Å². The number of nitrogens with one attached hydrogen (secondary N) is 3. The number of unbranched alkanes of at least 4 members (excludes halogenated alkanes) is 1. The van der Waals surface area contributed by atoms with Gasteiger partial charge in [-0.1, -0.05) is 18.2 Å². The van der Waals surface area contributed by atoms with E-state index in [0.29, 0.717) is 5.52 Å². The number of aromatic nitrogens is 3. The summed E-state index contributed by atoms with van der Waals surface area (Å²) >= 11 is 1.90. The topological polar surface area (TPSA) is 73.6 Å². The molecule has 5 nitrogen and oxygen atoms in total. The molecule has 0 atom stereocenters. The monoisotopic (exact) mass is 328 g/mol. The summed E-state index contributed by atoms with van der Waals surface area (Å²) in [6, 6.07) is 10.5. The molecule has 0 fully saturated rings. The molecular weight excluding hydrogens is 308 g/mol. The van der Waals surface area contributed by atoms with E-state index in [0.717, 1.165) is 36.3 Å². The number of rotatable bonds is 8. The Balaban J connectivity index is 1.37. The van der Waals surface area contributed by atoms with E-state index in [1.54, 1.807) is 0 Å². The Kier molecular flexibility index (Phi) is 5.50. The first-order valence-electron chi connectivity index (χ1n) is 7.77. The van der Waals surface area contributed by atoms with Crippen LogP contribution >= 0.6 is 11.8 Å². The van der Waals surface area contributed by atoms with Crippen LogP contribution in [0.4, 0.5) is 0 Å². The van der Waals surface area contributed by atoms with Gasteiger partial charge in [-0.25, -0.2) is 4.98 Å². The maximum Gasteiger partial charge on any atom is 0.275 e. The molecule has 2 aromatic heterocycles. The third-order valence-electron chi connectivity index (χ3n) is 3.62. The average Bonchev–Trinajstić information content (AvgIpc) is 3.00. The molecule has 0 spiro atoms. The second kappa shape index (κ2) is 7.99. The van der Waals surface area contributed by atoms with Crippen LogP contribution in [-0.2, 0) is 6.54 Å². The lowest BCUT2D eigenvalue weighted by Crippen LogP contribution is -2.15. The van der Waals surface area contributed by atoms with E-state index in [9.17, 15) is 4.79 Å². The Morgan fingerprint density at radius 2 is 2.00 bits per heavy atom. The van der Waals surface area contributed by atoms with Crippen LogP contribution in [0.1, 0.15) is 18.4 Å². The minimum Gasteiger partial charge on any atom is -0.355 e. The van der Waals surface area contributed by atoms with Crippen molar-refractivity contribution >= 4 is 22.8 Å². The Bertz CT molecular complexity index is 797. The molecule has 3 aromatic rings. The molecule has 120 valence electrons. The van der Waals surface area contributed by atoms with Gasteiger partial charge in [-0.2, -0.15) is 0 Å². The van der Waals surface area contributed by atoms with Crippen LogP contribution in [-0.4, -0.2) is 27.2 Å². The number of benzene rings is 1. The molecule has 1 aromatic carbocycles. The van der Waals surface area contributed by atoms with Crippen LogP contribution < -0.4 is 10.9 Å². The highest BCUT2D eigenvalue weighted by atomic mass is 32.2. The zero-order chi connectivity index (χ0) is 15.9. The van der Waals surface area contributed by atoms with Gasteiger partial charge in [0.15, 0.2) is 0 Å². The highest BCUT2D eigenvalue weighted by molar-refractivity contribution is 7.99. The lowest BCUT2D eigenvalue weighted by molar-refractivity contribution is 0.645. The van der Waals surface area contributed by atoms with Gasteiger partial charge in [0, 0.05) is 23.2 Å². The predicted octanol–water partition coefficient (Wildman–Crippen LogP) is 2.91. The molecule has 3 rings (SSSR count). The van der Waals surface area contributed by atoms with Crippen LogP contribution in [0.2, 0.25) is 0 Å². The first-order chi connectivity index (χ1) is 11.3. The molecular formula is C17H20N4OS. The predicted molar refractivity (Wildman–Crippen MR) is 94.8 cm³/mol. The van der Waals surface area contributed by atoms with Crippen LogP contribution in [0.25, 0.3) is 11.0 Å². The third-order valence-corrected chi connectivity index (χ3v) is 4.72. The van der Waals surface area contributed by atoms with Crippen LogP contribution in [0.5, 0.6) is 0 Å². The number of aromatic amines is 2. The standard InChI is InChI=1S/C17H20N4OS/c22-17-16-15(20-12-21-17)13(11-19-16)10-18-8-4-5-9-23-14-6-2-1-3-7-14/h1-3,6-7,11-12,18-19H,4-5,8-10H2,(H,20,21,22). The molecule has 0 aliphatic rings. The van der Waals surface area contributed by atoms with Crippen molar-refractivity contribution in [2.24, 2.45) is 0 Å². The maximum atomic E-state index is 11.6. The minimum atomic E-state index is -0.126. The van der Waals surface area contributed by atoms with Gasteiger partial charge >= 0.3 is 0 Å². The van der Waals surface area contributed by atoms with Crippen LogP contribution in [0, 0.1) is 0 Å². The van der Waals surface area contributed by atoms with Gasteiger partial charge in [-0.3, -0.25) is 4.79 Å². The number of hydrogen-bond acceptors (Lipinski definition) is 4. The molecule has 23 heavy (non-hydrogen) atoms. The lowest BCUT2D eigenvalue weighted by Gasteiger charge is -2.04. The van der Waals surface area contributed by atoms with Crippen molar-refractivity contribution in [1.29, 1.82) is 0 Å². The molecule has 6 heteroatoms. The van der Waals surface area contributed by atoms with Gasteiger partial charge in [0.1, 0.15) is 5.52 Å². The molecule has 0 radical (unpaired) electrons. The first-order valence-corrected chi connectivity index (χ1v) is 8.75. The fourth-order valence-corrected chi connectivity index (χ4v) is 3.36. The van der Waals surface area contributed by atoms with Crippen molar-refractivity contribution in [1.82, 2.24) is 20.3 Å². The van der Waals surface area contributed by atoms with Gasteiger partial charge in [0.2, 0.25) is 0 Å². The normalized spacial score (nSPS) is 11.1. The highest BCUT2D eigenvalue weighted by Crippen LogP contribution is 2.18. The van der Waals surface area contributed by atoms with Crippen molar-refractivity contribution in [2.75, 3.05) is 12.3 Å². The molecule has 0 aliphatic carbocycles. The summed E-state index contributed by atoms with van der Waals surface area (Å²) in [4.78, 5) is 22.7. The van der Waals surface area contributed by atoms with Crippen LogP contribution in [0.15, 0.2) is 52.5 Å². The fourth-order valence-electron chi connectivity index (χ4n) is 2.42. The Labute approximate surface area is 138 Å². The molecule has 0 bridgehead atoms. The van der Waals surface area contributed by atoms with Gasteiger partial charge < -0.3 is 15.3 Å². The Morgan fingerprint density at radius 3 is 2.87 bits per heavy atom. The molecule has 0 saturated carbocycles. The summed E-state index contributed by atoms with van der Waals surface area (Å²) in [5.41, 5.74) is 2.20. The zero-order valence-corrected chi connectivity index (χ0v) is 13.7. The summed E-state index contributed by atoms with van der Waals surface area (Å²) < 4.78 is 0. The summed E-state index contributed by atoms with van der Waals surface area (Å²) in [5.74, 6) is 1.13. The zero-order valence-electron chi connectivity index (χ0n) is 12.8. The highest BCUT2D eigenvalue weighted by Gasteiger charge is 2.06. The van der Waals surface area contributed by atoms with Gasteiger partial charge in [-0.15, -0.1) is 11.8 Å². The van der Waals surface area contributed by atoms with Crippen molar-refractivity contribution in [2.45, 2.75) is 24.3 Å². The quantitative estimate of drug-likeness (QED) is 0.439. The maximum absolute atomic E-state index is 11.6. The van der Waals surface area contributed by atoms with Gasteiger partial charge in [0.05, 0.1) is 11.8 Å². The molecule has 0 amide bonds. The first kappa shape index (κ1) is 15.8. The van der Waals surface area contributed by atoms with Gasteiger partial charge in [0.25, 0.3) is 5.56 Å². The fraction of sp³-hybridized carbons (Fsp3) is 0.294. The second-order valence-electron chi connectivity index (χ2n) is 5.31. The molecule has 0 saturated heterocycles. The average molecular weight is 328 g/mol. The Morgan fingerprint density at radius 1 is 1.13 bits per heavy atom. The number of nitrogens with zero attached hydrogens (tertiary/aromatic N) is 1. The van der Waals surface area contributed by atoms with E-state index < -0.39 is 0 Å². The SMILES string of the molecule is O=c1[nH]cnc2c(CNCCCCSc3ccccc3)c[nH]c12. The second-order valence-corrected chi connectivity index (χ2v) is 6.48. The molecule has 0 aliphatic heterocycles. The summed E-state index contributed by atoms with van der Waals surface area (Å²) in [7, 11) is 0. The molecule has 3 N–H and O–H groups in total. The van der Waals surface area contributed by atoms with Crippen molar-refractivity contribution in [3.05, 3.63) is 58.8 Å². The summed E-state index contributed by atoms with van der Waals surface area (Å²) in [6.07, 6.45) is 5.61. The number of fused-ring (bicyclic) bond motifs is 1. The Hall–Kier alpha value is -2.05. The van der Waals surface area contributed by atoms with E-state index in [1.807, 2.05) is 24.0 Å². The smallest absolute Gasteiger partial charge is 0.275 e. The number of H-pyrrole nitrogens is 2.